The molecule has 31 heavy (non-hydrogen) atoms. The van der Waals surface area contributed by atoms with E-state index < -0.39 is 29.4 Å². The predicted molar refractivity (Wildman–Crippen MR) is 102 cm³/mol. The summed E-state index contributed by atoms with van der Waals surface area (Å²) in [5, 5.41) is 2.90. The standard InChI is InChI=1S/C22H16F4N2O3/c23-16-13-15(8-9-17(16)31-22(24,25)26)21(28-20(29)14-5-2-1-3-6-14)10-12-30-18-7-4-11-27-19(18)21/h1-9,11,13H,10,12H2,(H,28,29)/t21-/m0/s1. The Kier molecular flexibility index (Phi) is 5.26. The maximum absolute atomic E-state index is 14.6. The number of halogens is 4. The number of benzene rings is 2. The molecule has 160 valence electrons. The van der Waals surface area contributed by atoms with Gasteiger partial charge in [0.2, 0.25) is 0 Å². The van der Waals surface area contributed by atoms with Crippen molar-refractivity contribution < 1.29 is 31.8 Å². The number of nitrogens with zero attached hydrogens (tertiary/aromatic N) is 1. The summed E-state index contributed by atoms with van der Waals surface area (Å²) in [6.45, 7) is 0.177. The average molecular weight is 432 g/mol. The highest BCUT2D eigenvalue weighted by atomic mass is 19.4. The molecule has 1 aromatic heterocycles. The Bertz CT molecular complexity index is 1110. The fraction of sp³-hybridized carbons (Fsp3) is 0.182. The van der Waals surface area contributed by atoms with Gasteiger partial charge in [-0.3, -0.25) is 9.78 Å². The average Bonchev–Trinajstić information content (AvgIpc) is 2.75. The van der Waals surface area contributed by atoms with Gasteiger partial charge in [0.15, 0.2) is 11.6 Å². The van der Waals surface area contributed by atoms with Gasteiger partial charge in [-0.05, 0) is 42.0 Å². The summed E-state index contributed by atoms with van der Waals surface area (Å²) in [6.07, 6.45) is -3.35. The van der Waals surface area contributed by atoms with Gasteiger partial charge in [-0.1, -0.05) is 24.3 Å². The van der Waals surface area contributed by atoms with Gasteiger partial charge in [-0.2, -0.15) is 0 Å². The monoisotopic (exact) mass is 432 g/mol. The van der Waals surface area contributed by atoms with Crippen LogP contribution in [0.5, 0.6) is 11.5 Å². The Morgan fingerprint density at radius 3 is 2.58 bits per heavy atom. The predicted octanol–water partition coefficient (Wildman–Crippen LogP) is 4.58. The molecule has 0 saturated carbocycles. The summed E-state index contributed by atoms with van der Waals surface area (Å²) in [6, 6.07) is 14.7. The number of aromatic nitrogens is 1. The first-order valence-corrected chi connectivity index (χ1v) is 9.30. The summed E-state index contributed by atoms with van der Waals surface area (Å²) in [5.41, 5.74) is -0.413. The van der Waals surface area contributed by atoms with Crippen molar-refractivity contribution in [1.82, 2.24) is 10.3 Å². The molecule has 1 atom stereocenters. The fourth-order valence-corrected chi connectivity index (χ4v) is 3.56. The summed E-state index contributed by atoms with van der Waals surface area (Å²) in [5.74, 6) is -2.24. The molecule has 4 rings (SSSR count). The van der Waals surface area contributed by atoms with Crippen LogP contribution in [0.3, 0.4) is 0 Å². The number of carbonyl (C=O) groups excluding carboxylic acids is 1. The van der Waals surface area contributed by atoms with E-state index in [0.29, 0.717) is 17.0 Å². The number of amides is 1. The second-order valence-corrected chi connectivity index (χ2v) is 6.87. The van der Waals surface area contributed by atoms with Crippen LogP contribution in [0.25, 0.3) is 0 Å². The van der Waals surface area contributed by atoms with Crippen LogP contribution >= 0.6 is 0 Å². The minimum atomic E-state index is -5.03. The van der Waals surface area contributed by atoms with E-state index in [9.17, 15) is 22.4 Å². The summed E-state index contributed by atoms with van der Waals surface area (Å²) < 4.78 is 61.5. The van der Waals surface area contributed by atoms with Crippen LogP contribution in [0.2, 0.25) is 0 Å². The number of rotatable bonds is 4. The SMILES string of the molecule is O=C(N[C@]1(c2ccc(OC(F)(F)F)c(F)c2)CCOc2cccnc21)c1ccccc1. The number of hydrogen-bond donors (Lipinski definition) is 1. The van der Waals surface area contributed by atoms with Gasteiger partial charge in [0.1, 0.15) is 17.0 Å². The molecule has 1 amide bonds. The van der Waals surface area contributed by atoms with E-state index >= 15 is 0 Å². The molecule has 0 bridgehead atoms. The first kappa shape index (κ1) is 20.6. The zero-order valence-corrected chi connectivity index (χ0v) is 15.9. The zero-order valence-electron chi connectivity index (χ0n) is 15.9. The number of ether oxygens (including phenoxy) is 2. The molecule has 0 saturated heterocycles. The molecule has 0 radical (unpaired) electrons. The van der Waals surface area contributed by atoms with E-state index in [4.69, 9.17) is 4.74 Å². The van der Waals surface area contributed by atoms with Crippen LogP contribution in [-0.4, -0.2) is 23.9 Å². The Morgan fingerprint density at radius 2 is 1.87 bits per heavy atom. The lowest BCUT2D eigenvalue weighted by Crippen LogP contribution is -2.50. The Balaban J connectivity index is 1.81. The molecule has 9 heteroatoms. The van der Waals surface area contributed by atoms with Gasteiger partial charge < -0.3 is 14.8 Å². The number of pyridine rings is 1. The molecule has 0 spiro atoms. The minimum absolute atomic E-state index is 0.177. The minimum Gasteiger partial charge on any atom is -0.491 e. The Labute approximate surface area is 174 Å². The third-order valence-corrected chi connectivity index (χ3v) is 4.92. The van der Waals surface area contributed by atoms with Crippen LogP contribution in [0, 0.1) is 5.82 Å². The van der Waals surface area contributed by atoms with Crippen LogP contribution in [0.1, 0.15) is 28.0 Å². The summed E-state index contributed by atoms with van der Waals surface area (Å²) >= 11 is 0. The van der Waals surface area contributed by atoms with Crippen LogP contribution < -0.4 is 14.8 Å². The molecule has 0 unspecified atom stereocenters. The summed E-state index contributed by atoms with van der Waals surface area (Å²) in [4.78, 5) is 17.3. The van der Waals surface area contributed by atoms with Crippen molar-refractivity contribution in [3.05, 3.63) is 89.5 Å². The molecule has 1 aliphatic heterocycles. The van der Waals surface area contributed by atoms with Crippen molar-refractivity contribution in [1.29, 1.82) is 0 Å². The number of fused-ring (bicyclic) bond motifs is 1. The molecule has 2 aromatic carbocycles. The van der Waals surface area contributed by atoms with Crippen LogP contribution in [-0.2, 0) is 5.54 Å². The van der Waals surface area contributed by atoms with Gasteiger partial charge in [-0.15, -0.1) is 13.2 Å². The van der Waals surface area contributed by atoms with Crippen molar-refractivity contribution in [2.45, 2.75) is 18.3 Å². The van der Waals surface area contributed by atoms with Crippen LogP contribution in [0.15, 0.2) is 66.9 Å². The quantitative estimate of drug-likeness (QED) is 0.614. The number of hydrogen-bond acceptors (Lipinski definition) is 4. The van der Waals surface area contributed by atoms with Gasteiger partial charge in [0.05, 0.1) is 6.61 Å². The lowest BCUT2D eigenvalue weighted by molar-refractivity contribution is -0.275. The maximum atomic E-state index is 14.6. The van der Waals surface area contributed by atoms with E-state index in [2.05, 4.69) is 15.0 Å². The molecular weight excluding hydrogens is 416 g/mol. The second kappa shape index (κ2) is 7.90. The summed E-state index contributed by atoms with van der Waals surface area (Å²) in [7, 11) is 0. The Hall–Kier alpha value is -3.62. The van der Waals surface area contributed by atoms with Crippen molar-refractivity contribution in [3.63, 3.8) is 0 Å². The van der Waals surface area contributed by atoms with Crippen molar-refractivity contribution in [2.24, 2.45) is 0 Å². The number of alkyl halides is 3. The molecule has 5 nitrogen and oxygen atoms in total. The molecule has 2 heterocycles. The third-order valence-electron chi connectivity index (χ3n) is 4.92. The van der Waals surface area contributed by atoms with Crippen molar-refractivity contribution >= 4 is 5.91 Å². The van der Waals surface area contributed by atoms with Crippen molar-refractivity contribution in [2.75, 3.05) is 6.61 Å². The first-order valence-electron chi connectivity index (χ1n) is 9.30. The van der Waals surface area contributed by atoms with E-state index in [-0.39, 0.29) is 18.6 Å². The van der Waals surface area contributed by atoms with Gasteiger partial charge in [-0.25, -0.2) is 4.39 Å². The topological polar surface area (TPSA) is 60.5 Å². The van der Waals surface area contributed by atoms with E-state index in [1.165, 1.54) is 12.3 Å². The largest absolute Gasteiger partial charge is 0.573 e. The first-order chi connectivity index (χ1) is 14.8. The highest BCUT2D eigenvalue weighted by molar-refractivity contribution is 5.95. The zero-order chi connectivity index (χ0) is 22.1. The van der Waals surface area contributed by atoms with E-state index in [1.807, 2.05) is 0 Å². The molecule has 3 aromatic rings. The highest BCUT2D eigenvalue weighted by Crippen LogP contribution is 2.42. The molecule has 0 fully saturated rings. The molecular formula is C22H16F4N2O3. The molecule has 1 N–H and O–H groups in total. The van der Waals surface area contributed by atoms with E-state index in [0.717, 1.165) is 12.1 Å². The lowest BCUT2D eigenvalue weighted by Gasteiger charge is -2.39. The highest BCUT2D eigenvalue weighted by Gasteiger charge is 2.43. The normalized spacial score (nSPS) is 17.9. The fourth-order valence-electron chi connectivity index (χ4n) is 3.56. The lowest BCUT2D eigenvalue weighted by atomic mass is 9.81. The Morgan fingerprint density at radius 1 is 1.10 bits per heavy atom. The second-order valence-electron chi connectivity index (χ2n) is 6.87. The van der Waals surface area contributed by atoms with E-state index in [1.54, 1.807) is 42.5 Å². The third kappa shape index (κ3) is 4.16. The maximum Gasteiger partial charge on any atom is 0.573 e. The van der Waals surface area contributed by atoms with Gasteiger partial charge >= 0.3 is 6.36 Å². The smallest absolute Gasteiger partial charge is 0.491 e. The molecule has 0 aliphatic carbocycles. The number of nitrogens with one attached hydrogen (secondary N) is 1. The van der Waals surface area contributed by atoms with Gasteiger partial charge in [0, 0.05) is 18.2 Å². The van der Waals surface area contributed by atoms with Crippen LogP contribution in [0.4, 0.5) is 17.6 Å². The molecule has 1 aliphatic rings. The van der Waals surface area contributed by atoms with Gasteiger partial charge in [0.25, 0.3) is 5.91 Å². The van der Waals surface area contributed by atoms with Crippen molar-refractivity contribution in [3.8, 4) is 11.5 Å². The number of carbonyl (C=O) groups is 1.